The molecular formula is C19H19ClN2O3S. The Morgan fingerprint density at radius 1 is 1.08 bits per heavy atom. The van der Waals surface area contributed by atoms with Crippen LogP contribution in [0.25, 0.3) is 0 Å². The van der Waals surface area contributed by atoms with Crippen LogP contribution < -0.4 is 10.0 Å². The number of benzene rings is 2. The number of hydrogen-bond acceptors (Lipinski definition) is 3. The van der Waals surface area contributed by atoms with Gasteiger partial charge in [-0.15, -0.1) is 0 Å². The van der Waals surface area contributed by atoms with E-state index in [1.54, 1.807) is 12.1 Å². The maximum Gasteiger partial charge on any atom is 0.251 e. The molecule has 2 aliphatic rings. The van der Waals surface area contributed by atoms with Crippen molar-refractivity contribution in [2.24, 2.45) is 0 Å². The molecule has 136 valence electrons. The fraction of sp³-hybridized carbons (Fsp3) is 0.316. The fourth-order valence-corrected chi connectivity index (χ4v) is 4.82. The number of sulfonamides is 1. The molecule has 5 nitrogen and oxygen atoms in total. The van der Waals surface area contributed by atoms with Gasteiger partial charge in [0.25, 0.3) is 5.91 Å². The quantitative estimate of drug-likeness (QED) is 0.823. The van der Waals surface area contributed by atoms with Gasteiger partial charge in [-0.1, -0.05) is 23.7 Å². The van der Waals surface area contributed by atoms with Crippen molar-refractivity contribution in [1.82, 2.24) is 10.0 Å². The SMILES string of the molecule is O=C(N[C@@H]1CCc2cc(Cl)ccc21)c1cccc(S(=O)(=O)NC2CC2)c1. The summed E-state index contributed by atoms with van der Waals surface area (Å²) in [7, 11) is -3.58. The maximum atomic E-state index is 12.6. The van der Waals surface area contributed by atoms with Crippen LogP contribution >= 0.6 is 11.6 Å². The first kappa shape index (κ1) is 17.5. The molecule has 0 aliphatic heterocycles. The Balaban J connectivity index is 1.52. The molecule has 1 fully saturated rings. The van der Waals surface area contributed by atoms with Crippen molar-refractivity contribution in [3.8, 4) is 0 Å². The molecule has 2 aliphatic carbocycles. The number of halogens is 1. The van der Waals surface area contributed by atoms with Crippen LogP contribution in [0.15, 0.2) is 47.4 Å². The van der Waals surface area contributed by atoms with Gasteiger partial charge in [0.1, 0.15) is 0 Å². The molecule has 0 aromatic heterocycles. The molecule has 0 heterocycles. The van der Waals surface area contributed by atoms with Crippen molar-refractivity contribution in [2.75, 3.05) is 0 Å². The summed E-state index contributed by atoms with van der Waals surface area (Å²) in [6.45, 7) is 0. The number of nitrogens with one attached hydrogen (secondary N) is 2. The van der Waals surface area contributed by atoms with Gasteiger partial charge < -0.3 is 5.32 Å². The fourth-order valence-electron chi connectivity index (χ4n) is 3.27. The zero-order valence-corrected chi connectivity index (χ0v) is 15.6. The first-order chi connectivity index (χ1) is 12.4. The predicted molar refractivity (Wildman–Crippen MR) is 99.8 cm³/mol. The lowest BCUT2D eigenvalue weighted by atomic mass is 10.1. The average Bonchev–Trinajstić information content (AvgIpc) is 3.33. The van der Waals surface area contributed by atoms with Crippen molar-refractivity contribution in [3.05, 3.63) is 64.2 Å². The summed E-state index contributed by atoms with van der Waals surface area (Å²) in [6.07, 6.45) is 3.40. The van der Waals surface area contributed by atoms with Crippen molar-refractivity contribution >= 4 is 27.5 Å². The van der Waals surface area contributed by atoms with Gasteiger partial charge in [0, 0.05) is 16.6 Å². The highest BCUT2D eigenvalue weighted by atomic mass is 35.5. The van der Waals surface area contributed by atoms with Crippen LogP contribution in [-0.4, -0.2) is 20.4 Å². The minimum absolute atomic E-state index is 0.0271. The monoisotopic (exact) mass is 390 g/mol. The van der Waals surface area contributed by atoms with E-state index < -0.39 is 10.0 Å². The second-order valence-corrected chi connectivity index (χ2v) is 8.98. The molecule has 1 saturated carbocycles. The largest absolute Gasteiger partial charge is 0.345 e. The second kappa shape index (κ2) is 6.68. The van der Waals surface area contributed by atoms with Crippen LogP contribution in [0.5, 0.6) is 0 Å². The number of aryl methyl sites for hydroxylation is 1. The minimum atomic E-state index is -3.58. The molecule has 7 heteroatoms. The molecule has 0 bridgehead atoms. The molecule has 0 radical (unpaired) electrons. The normalized spacial score (nSPS) is 19.2. The first-order valence-corrected chi connectivity index (χ1v) is 10.5. The standard InChI is InChI=1S/C19H19ClN2O3S/c20-14-5-8-17-12(10-14)4-9-18(17)21-19(23)13-2-1-3-16(11-13)26(24,25)22-15-6-7-15/h1-3,5,8,10-11,15,18,22H,4,6-7,9H2,(H,21,23)/t18-/m1/s1. The highest BCUT2D eigenvalue weighted by Gasteiger charge is 2.29. The van der Waals surface area contributed by atoms with Crippen molar-refractivity contribution in [1.29, 1.82) is 0 Å². The third kappa shape index (κ3) is 3.63. The molecule has 0 spiro atoms. The molecule has 1 amide bonds. The third-order valence-electron chi connectivity index (χ3n) is 4.79. The summed E-state index contributed by atoms with van der Waals surface area (Å²) in [4.78, 5) is 12.8. The van der Waals surface area contributed by atoms with Crippen LogP contribution in [0.3, 0.4) is 0 Å². The molecule has 0 saturated heterocycles. The molecule has 2 N–H and O–H groups in total. The topological polar surface area (TPSA) is 75.3 Å². The zero-order chi connectivity index (χ0) is 18.3. The van der Waals surface area contributed by atoms with E-state index in [4.69, 9.17) is 11.6 Å². The van der Waals surface area contributed by atoms with Gasteiger partial charge in [-0.05, 0) is 67.1 Å². The van der Waals surface area contributed by atoms with Crippen LogP contribution in [0.1, 0.15) is 46.8 Å². The number of fused-ring (bicyclic) bond motifs is 1. The van der Waals surface area contributed by atoms with E-state index in [9.17, 15) is 13.2 Å². The lowest BCUT2D eigenvalue weighted by Gasteiger charge is -2.15. The number of carbonyl (C=O) groups is 1. The molecule has 1 atom stereocenters. The van der Waals surface area contributed by atoms with Crippen molar-refractivity contribution < 1.29 is 13.2 Å². The highest BCUT2D eigenvalue weighted by Crippen LogP contribution is 2.33. The predicted octanol–water partition coefficient (Wildman–Crippen LogP) is 3.20. The summed E-state index contributed by atoms with van der Waals surface area (Å²) in [5, 5.41) is 3.70. The van der Waals surface area contributed by atoms with Crippen molar-refractivity contribution in [3.63, 3.8) is 0 Å². The Morgan fingerprint density at radius 2 is 1.88 bits per heavy atom. The number of hydrogen-bond donors (Lipinski definition) is 2. The molecular weight excluding hydrogens is 372 g/mol. The van der Waals surface area contributed by atoms with Crippen LogP contribution in [0.2, 0.25) is 5.02 Å². The molecule has 4 rings (SSSR count). The van der Waals surface area contributed by atoms with E-state index in [1.165, 1.54) is 12.1 Å². The van der Waals surface area contributed by atoms with Gasteiger partial charge in [-0.3, -0.25) is 4.79 Å². The lowest BCUT2D eigenvalue weighted by Crippen LogP contribution is -2.28. The number of amides is 1. The van der Waals surface area contributed by atoms with E-state index in [2.05, 4.69) is 10.0 Å². The average molecular weight is 391 g/mol. The van der Waals surface area contributed by atoms with Crippen LogP contribution in [0, 0.1) is 0 Å². The molecule has 2 aromatic rings. The van der Waals surface area contributed by atoms with Crippen LogP contribution in [-0.2, 0) is 16.4 Å². The van der Waals surface area contributed by atoms with E-state index in [-0.39, 0.29) is 22.9 Å². The summed E-state index contributed by atoms with van der Waals surface area (Å²) < 4.78 is 27.3. The number of rotatable bonds is 5. The van der Waals surface area contributed by atoms with Crippen LogP contribution in [0.4, 0.5) is 0 Å². The van der Waals surface area contributed by atoms with Gasteiger partial charge in [0.05, 0.1) is 10.9 Å². The van der Waals surface area contributed by atoms with Gasteiger partial charge in [0.15, 0.2) is 0 Å². The Kier molecular flexibility index (Phi) is 4.50. The maximum absolute atomic E-state index is 12.6. The first-order valence-electron chi connectivity index (χ1n) is 8.64. The minimum Gasteiger partial charge on any atom is -0.345 e. The molecule has 0 unspecified atom stereocenters. The number of carbonyl (C=O) groups excluding carboxylic acids is 1. The van der Waals surface area contributed by atoms with Gasteiger partial charge in [0.2, 0.25) is 10.0 Å². The van der Waals surface area contributed by atoms with Gasteiger partial charge >= 0.3 is 0 Å². The van der Waals surface area contributed by atoms with Crippen molar-refractivity contribution in [2.45, 2.75) is 42.7 Å². The molecule has 26 heavy (non-hydrogen) atoms. The molecule has 2 aromatic carbocycles. The Hall–Kier alpha value is -1.89. The van der Waals surface area contributed by atoms with Gasteiger partial charge in [-0.2, -0.15) is 0 Å². The summed E-state index contributed by atoms with van der Waals surface area (Å²) >= 11 is 6.02. The second-order valence-electron chi connectivity index (χ2n) is 6.83. The smallest absolute Gasteiger partial charge is 0.251 e. The highest BCUT2D eigenvalue weighted by molar-refractivity contribution is 7.89. The Labute approximate surface area is 157 Å². The Bertz CT molecular complexity index is 970. The Morgan fingerprint density at radius 3 is 2.65 bits per heavy atom. The third-order valence-corrected chi connectivity index (χ3v) is 6.55. The van der Waals surface area contributed by atoms with E-state index in [1.807, 2.05) is 18.2 Å². The van der Waals surface area contributed by atoms with E-state index in [0.29, 0.717) is 10.6 Å². The van der Waals surface area contributed by atoms with E-state index in [0.717, 1.165) is 36.8 Å². The summed E-state index contributed by atoms with van der Waals surface area (Å²) in [5.41, 5.74) is 2.56. The summed E-state index contributed by atoms with van der Waals surface area (Å²) in [5.74, 6) is -0.277. The van der Waals surface area contributed by atoms with Gasteiger partial charge in [-0.25, -0.2) is 13.1 Å². The summed E-state index contributed by atoms with van der Waals surface area (Å²) in [6, 6.07) is 11.8. The van der Waals surface area contributed by atoms with E-state index >= 15 is 0 Å². The lowest BCUT2D eigenvalue weighted by molar-refractivity contribution is 0.0936. The zero-order valence-electron chi connectivity index (χ0n) is 14.0.